The van der Waals surface area contributed by atoms with E-state index in [-0.39, 0.29) is 48.9 Å². The molecule has 0 spiro atoms. The summed E-state index contributed by atoms with van der Waals surface area (Å²) in [4.78, 5) is 52.8. The van der Waals surface area contributed by atoms with E-state index < -0.39 is 11.9 Å². The summed E-state index contributed by atoms with van der Waals surface area (Å²) < 4.78 is 36.2. The zero-order chi connectivity index (χ0) is 41.3. The molecule has 0 saturated heterocycles. The number of esters is 2. The van der Waals surface area contributed by atoms with Gasteiger partial charge < -0.3 is 38.2 Å². The van der Waals surface area contributed by atoms with Crippen LogP contribution in [0.25, 0.3) is 0 Å². The normalized spacial score (nSPS) is 18.7. The fraction of sp³-hybridized carbons (Fsp3) is 0.500. The lowest BCUT2D eigenvalue weighted by Gasteiger charge is -2.38. The van der Waals surface area contributed by atoms with Gasteiger partial charge >= 0.3 is 11.9 Å². The highest BCUT2D eigenvalue weighted by Gasteiger charge is 2.37. The molecule has 2 aliphatic rings. The number of methoxy groups -OCH3 is 2. The molecule has 6 rings (SSSR count). The maximum atomic E-state index is 12.4. The fourth-order valence-electron chi connectivity index (χ4n) is 7.49. The monoisotopic (exact) mass is 802 g/mol. The number of benzene rings is 2. The van der Waals surface area contributed by atoms with E-state index in [0.717, 1.165) is 22.5 Å². The van der Waals surface area contributed by atoms with Gasteiger partial charge in [-0.3, -0.25) is 9.59 Å². The molecule has 4 aromatic rings. The second-order valence-electron chi connectivity index (χ2n) is 14.3. The molecule has 0 saturated carbocycles. The molecule has 310 valence electrons. The average molecular weight is 803 g/mol. The van der Waals surface area contributed by atoms with E-state index in [0.29, 0.717) is 75.2 Å². The molecule has 2 aromatic heterocycles. The molecule has 0 N–H and O–H groups in total. The zero-order valence-electron chi connectivity index (χ0n) is 33.7. The highest BCUT2D eigenvalue weighted by atomic mass is 16.6. The Morgan fingerprint density at radius 2 is 0.983 bits per heavy atom. The van der Waals surface area contributed by atoms with Crippen LogP contribution in [0.3, 0.4) is 0 Å². The van der Waals surface area contributed by atoms with E-state index in [9.17, 15) is 19.2 Å². The molecule has 18 heteroatoms. The lowest BCUT2D eigenvalue weighted by molar-refractivity contribution is -0.117. The molecule has 2 aliphatic heterocycles. The molecular formula is C40H50N8O10. The molecule has 4 heterocycles. The smallest absolute Gasteiger partial charge is 0.337 e. The van der Waals surface area contributed by atoms with Crippen LogP contribution in [0.15, 0.2) is 48.8 Å². The summed E-state index contributed by atoms with van der Waals surface area (Å²) in [5.41, 5.74) is 5.11. The summed E-state index contributed by atoms with van der Waals surface area (Å²) in [7, 11) is 2.67. The van der Waals surface area contributed by atoms with Crippen LogP contribution in [0.5, 0.6) is 0 Å². The molecule has 2 aromatic carbocycles. The van der Waals surface area contributed by atoms with Crippen molar-refractivity contribution in [2.24, 2.45) is 11.8 Å². The number of amides is 2. The van der Waals surface area contributed by atoms with E-state index in [2.05, 4.69) is 20.6 Å². The molecule has 0 fully saturated rings. The van der Waals surface area contributed by atoms with Crippen LogP contribution in [-0.4, -0.2) is 121 Å². The number of rotatable bonds is 17. The fourth-order valence-corrected chi connectivity index (χ4v) is 7.49. The second kappa shape index (κ2) is 19.3. The third kappa shape index (κ3) is 9.58. The molecule has 2 amide bonds. The molecule has 0 radical (unpaired) electrons. The lowest BCUT2D eigenvalue weighted by Crippen LogP contribution is -2.41. The predicted molar refractivity (Wildman–Crippen MR) is 207 cm³/mol. The van der Waals surface area contributed by atoms with Crippen molar-refractivity contribution in [1.29, 1.82) is 0 Å². The largest absolute Gasteiger partial charge is 0.465 e. The minimum absolute atomic E-state index is 0.00628. The van der Waals surface area contributed by atoms with Gasteiger partial charge in [-0.1, -0.05) is 24.3 Å². The van der Waals surface area contributed by atoms with Crippen molar-refractivity contribution in [2.75, 3.05) is 76.8 Å². The van der Waals surface area contributed by atoms with Gasteiger partial charge in [0.15, 0.2) is 0 Å². The minimum atomic E-state index is -0.457. The van der Waals surface area contributed by atoms with Gasteiger partial charge in [-0.2, -0.15) is 0 Å². The topological polar surface area (TPSA) is 192 Å². The van der Waals surface area contributed by atoms with Crippen LogP contribution in [-0.2, 0) is 51.2 Å². The molecule has 18 nitrogen and oxygen atoms in total. The van der Waals surface area contributed by atoms with Gasteiger partial charge in [0.1, 0.15) is 11.4 Å². The Labute approximate surface area is 336 Å². The van der Waals surface area contributed by atoms with Crippen LogP contribution >= 0.6 is 0 Å². The zero-order valence-corrected chi connectivity index (χ0v) is 33.7. The Morgan fingerprint density at radius 1 is 0.603 bits per heavy atom. The highest BCUT2D eigenvalue weighted by molar-refractivity contribution is 5.96. The van der Waals surface area contributed by atoms with Crippen molar-refractivity contribution in [3.63, 3.8) is 0 Å². The van der Waals surface area contributed by atoms with E-state index in [1.54, 1.807) is 55.6 Å². The summed E-state index contributed by atoms with van der Waals surface area (Å²) in [6.45, 7) is 10.8. The number of hydrogen-bond donors (Lipinski definition) is 0. The maximum absolute atomic E-state index is 12.4. The van der Waals surface area contributed by atoms with Gasteiger partial charge in [-0.25, -0.2) is 19.0 Å². The van der Waals surface area contributed by atoms with E-state index in [1.165, 1.54) is 28.1 Å². The molecule has 58 heavy (non-hydrogen) atoms. The van der Waals surface area contributed by atoms with Crippen molar-refractivity contribution in [1.82, 2.24) is 30.0 Å². The van der Waals surface area contributed by atoms with Gasteiger partial charge in [0, 0.05) is 61.3 Å². The summed E-state index contributed by atoms with van der Waals surface area (Å²) in [5, 5.41) is 17.3. The number of anilines is 2. The van der Waals surface area contributed by atoms with Gasteiger partial charge in [-0.05, 0) is 36.4 Å². The molecule has 4 atom stereocenters. The number of carbonyl (C=O) groups is 4. The van der Waals surface area contributed by atoms with Crippen LogP contribution < -0.4 is 9.80 Å². The van der Waals surface area contributed by atoms with E-state index in [1.807, 2.05) is 26.2 Å². The molecule has 0 bridgehead atoms. The first kappa shape index (κ1) is 42.1. The third-order valence-corrected chi connectivity index (χ3v) is 10.2. The summed E-state index contributed by atoms with van der Waals surface area (Å²) >= 11 is 0. The molecule has 3 unspecified atom stereocenters. The Hall–Kier alpha value is -5.56. The third-order valence-electron chi connectivity index (χ3n) is 10.2. The molecular weight excluding hydrogens is 752 g/mol. The van der Waals surface area contributed by atoms with Crippen molar-refractivity contribution in [2.45, 2.75) is 53.0 Å². The lowest BCUT2D eigenvalue weighted by atomic mass is 9.87. The van der Waals surface area contributed by atoms with Crippen LogP contribution in [0.2, 0.25) is 0 Å². The Bertz CT molecular complexity index is 1940. The number of fused-ring (bicyclic) bond motifs is 2. The number of carbonyl (C=O) groups excluding carboxylic acids is 4. The second-order valence-corrected chi connectivity index (χ2v) is 14.3. The summed E-state index contributed by atoms with van der Waals surface area (Å²) in [6.07, 6.45) is 3.64. The summed E-state index contributed by atoms with van der Waals surface area (Å²) in [6, 6.07) is 9.88. The minimum Gasteiger partial charge on any atom is -0.465 e. The van der Waals surface area contributed by atoms with E-state index in [4.69, 9.17) is 28.4 Å². The van der Waals surface area contributed by atoms with Crippen molar-refractivity contribution in [3.8, 4) is 0 Å². The first-order valence-corrected chi connectivity index (χ1v) is 19.1. The van der Waals surface area contributed by atoms with Crippen LogP contribution in [0, 0.1) is 11.8 Å². The SMILES string of the molecule is COC(=O)c1ccc2c(c1)C(n1cc(COCCOCCOCCOCc3cn(C4c5cc(C(=O)OC)ccc5N(C(C)=O)C[C@H]4C)nn3)nn1)C(C)CN2C(C)=O. The van der Waals surface area contributed by atoms with Crippen molar-refractivity contribution >= 4 is 35.1 Å². The van der Waals surface area contributed by atoms with Gasteiger partial charge in [0.2, 0.25) is 11.8 Å². The Kier molecular flexibility index (Phi) is 14.0. The Balaban J connectivity index is 0.884. The van der Waals surface area contributed by atoms with Crippen molar-refractivity contribution < 1.29 is 47.6 Å². The van der Waals surface area contributed by atoms with Gasteiger partial charge in [0.25, 0.3) is 0 Å². The summed E-state index contributed by atoms with van der Waals surface area (Å²) in [5.74, 6) is -1.08. The Morgan fingerprint density at radius 3 is 1.34 bits per heavy atom. The standard InChI is InChI=1S/C40H50N8O10/c1-25-19-45(27(3)49)35-9-7-29(39(51)53-5)17-33(35)37(25)47-21-31(41-43-47)23-57-15-13-55-11-12-56-14-16-58-24-32-22-48(44-42-32)38-26(2)20-46(28(4)50)36-10-8-30(18-34(36)38)40(52)54-6/h7-10,17-18,21-22,25-26,37-38H,11-16,19-20,23-24H2,1-6H3/t25-,26?,37?,38?/m1/s1. The predicted octanol–water partition coefficient (Wildman–Crippen LogP) is 3.39. The maximum Gasteiger partial charge on any atom is 0.337 e. The van der Waals surface area contributed by atoms with Crippen LogP contribution in [0.1, 0.15) is 83.0 Å². The average Bonchev–Trinajstić information content (AvgIpc) is 3.89. The van der Waals surface area contributed by atoms with Crippen LogP contribution in [0.4, 0.5) is 11.4 Å². The number of ether oxygens (including phenoxy) is 6. The van der Waals surface area contributed by atoms with Gasteiger partial charge in [-0.15, -0.1) is 10.2 Å². The number of hydrogen-bond acceptors (Lipinski definition) is 14. The van der Waals surface area contributed by atoms with Crippen molar-refractivity contribution in [3.05, 3.63) is 82.4 Å². The quantitative estimate of drug-likeness (QED) is 0.112. The van der Waals surface area contributed by atoms with E-state index >= 15 is 0 Å². The first-order valence-electron chi connectivity index (χ1n) is 19.1. The number of nitrogens with zero attached hydrogens (tertiary/aromatic N) is 8. The highest BCUT2D eigenvalue weighted by Crippen LogP contribution is 2.41. The first-order chi connectivity index (χ1) is 28.0. The van der Waals surface area contributed by atoms with Gasteiger partial charge in [0.05, 0.1) is 103 Å². The molecule has 0 aliphatic carbocycles. The number of aromatic nitrogens is 6.